The summed E-state index contributed by atoms with van der Waals surface area (Å²) in [5.41, 5.74) is 0.917. The summed E-state index contributed by atoms with van der Waals surface area (Å²) in [4.78, 5) is 24.3. The Morgan fingerprint density at radius 1 is 1.41 bits per heavy atom. The lowest BCUT2D eigenvalue weighted by atomic mass is 10.1. The predicted molar refractivity (Wildman–Crippen MR) is 87.1 cm³/mol. The quantitative estimate of drug-likeness (QED) is 0.804. The number of urea groups is 1. The number of ether oxygens (including phenoxy) is 1. The lowest BCUT2D eigenvalue weighted by molar-refractivity contribution is -0.141. The van der Waals surface area contributed by atoms with Crippen molar-refractivity contribution in [3.05, 3.63) is 28.2 Å². The van der Waals surface area contributed by atoms with E-state index in [4.69, 9.17) is 9.84 Å². The summed E-state index contributed by atoms with van der Waals surface area (Å²) in [6.07, 6.45) is 0. The molecular weight excluding hydrogens is 352 g/mol. The smallest absolute Gasteiger partial charge is 0.317 e. The second-order valence-corrected chi connectivity index (χ2v) is 6.04. The van der Waals surface area contributed by atoms with Crippen LogP contribution in [0.4, 0.5) is 4.79 Å². The molecule has 0 saturated heterocycles. The number of carbonyl (C=O) groups excluding carboxylic acids is 1. The summed E-state index contributed by atoms with van der Waals surface area (Å²) in [6, 6.07) is 5.04. The Balaban J connectivity index is 2.67. The van der Waals surface area contributed by atoms with Gasteiger partial charge in [-0.25, -0.2) is 4.79 Å². The molecule has 2 amide bonds. The summed E-state index contributed by atoms with van der Waals surface area (Å²) >= 11 is 3.41. The van der Waals surface area contributed by atoms with Gasteiger partial charge in [0.15, 0.2) is 0 Å². The Morgan fingerprint density at radius 2 is 2.05 bits per heavy atom. The van der Waals surface area contributed by atoms with E-state index in [1.165, 1.54) is 4.90 Å². The van der Waals surface area contributed by atoms with Gasteiger partial charge in [0.2, 0.25) is 0 Å². The standard InChI is InChI=1S/C15H21BrN2O4/c1-9(14(19)20)8-18(3)15(21)17-10(2)11-5-6-13(22-4)12(16)7-11/h5-7,9-10H,8H2,1-4H3,(H,17,21)(H,19,20). The van der Waals surface area contributed by atoms with E-state index >= 15 is 0 Å². The van der Waals surface area contributed by atoms with Crippen LogP contribution in [0, 0.1) is 5.92 Å². The van der Waals surface area contributed by atoms with Gasteiger partial charge >= 0.3 is 12.0 Å². The van der Waals surface area contributed by atoms with E-state index in [2.05, 4.69) is 21.2 Å². The number of hydrogen-bond donors (Lipinski definition) is 2. The zero-order chi connectivity index (χ0) is 16.9. The number of carboxylic acid groups (broad SMARTS) is 1. The molecule has 6 nitrogen and oxygen atoms in total. The highest BCUT2D eigenvalue weighted by molar-refractivity contribution is 9.10. The van der Waals surface area contributed by atoms with Crippen molar-refractivity contribution < 1.29 is 19.4 Å². The van der Waals surface area contributed by atoms with Gasteiger partial charge in [-0.3, -0.25) is 4.79 Å². The van der Waals surface area contributed by atoms with Crippen molar-refractivity contribution in [1.82, 2.24) is 10.2 Å². The minimum absolute atomic E-state index is 0.153. The first-order valence-electron chi connectivity index (χ1n) is 6.84. The molecule has 7 heteroatoms. The average molecular weight is 373 g/mol. The van der Waals surface area contributed by atoms with E-state index in [1.807, 2.05) is 25.1 Å². The van der Waals surface area contributed by atoms with Crippen LogP contribution in [0.25, 0.3) is 0 Å². The number of aliphatic carboxylic acids is 1. The number of hydrogen-bond acceptors (Lipinski definition) is 3. The highest BCUT2D eigenvalue weighted by Gasteiger charge is 2.19. The van der Waals surface area contributed by atoms with Gasteiger partial charge in [-0.05, 0) is 40.5 Å². The van der Waals surface area contributed by atoms with E-state index < -0.39 is 11.9 Å². The van der Waals surface area contributed by atoms with Gasteiger partial charge in [0.05, 0.1) is 23.5 Å². The van der Waals surface area contributed by atoms with Crippen molar-refractivity contribution in [3.63, 3.8) is 0 Å². The Labute approximate surface area is 138 Å². The summed E-state index contributed by atoms with van der Waals surface area (Å²) in [5, 5.41) is 11.7. The van der Waals surface area contributed by atoms with E-state index in [0.29, 0.717) is 0 Å². The molecule has 0 bridgehead atoms. The van der Waals surface area contributed by atoms with Crippen LogP contribution in [0.15, 0.2) is 22.7 Å². The van der Waals surface area contributed by atoms with Gasteiger partial charge in [-0.1, -0.05) is 13.0 Å². The zero-order valence-corrected chi connectivity index (χ0v) is 14.7. The number of amides is 2. The van der Waals surface area contributed by atoms with Crippen molar-refractivity contribution in [2.45, 2.75) is 19.9 Å². The minimum atomic E-state index is -0.924. The van der Waals surface area contributed by atoms with E-state index in [9.17, 15) is 9.59 Å². The van der Waals surface area contributed by atoms with Crippen molar-refractivity contribution in [2.24, 2.45) is 5.92 Å². The van der Waals surface area contributed by atoms with E-state index in [-0.39, 0.29) is 18.6 Å². The summed E-state index contributed by atoms with van der Waals surface area (Å²) < 4.78 is 5.97. The molecule has 1 aromatic carbocycles. The first-order chi connectivity index (χ1) is 10.3. The largest absolute Gasteiger partial charge is 0.496 e. The second kappa shape index (κ2) is 8.03. The SMILES string of the molecule is COc1ccc(C(C)NC(=O)N(C)CC(C)C(=O)O)cc1Br. The number of halogens is 1. The molecule has 2 N–H and O–H groups in total. The molecule has 0 saturated carbocycles. The molecule has 0 heterocycles. The van der Waals surface area contributed by atoms with Crippen LogP contribution in [0.2, 0.25) is 0 Å². The molecule has 1 aromatic rings. The van der Waals surface area contributed by atoms with Crippen LogP contribution in [-0.4, -0.2) is 42.7 Å². The van der Waals surface area contributed by atoms with Crippen molar-refractivity contribution in [3.8, 4) is 5.75 Å². The second-order valence-electron chi connectivity index (χ2n) is 5.18. The first-order valence-corrected chi connectivity index (χ1v) is 7.63. The zero-order valence-electron chi connectivity index (χ0n) is 13.1. The first kappa shape index (κ1) is 18.3. The average Bonchev–Trinajstić information content (AvgIpc) is 2.46. The van der Waals surface area contributed by atoms with Crippen molar-refractivity contribution in [2.75, 3.05) is 20.7 Å². The van der Waals surface area contributed by atoms with E-state index in [1.54, 1.807) is 21.1 Å². The Kier molecular flexibility index (Phi) is 6.67. The molecule has 2 atom stereocenters. The fraction of sp³-hybridized carbons (Fsp3) is 0.467. The van der Waals surface area contributed by atoms with Gasteiger partial charge in [-0.2, -0.15) is 0 Å². The Hall–Kier alpha value is -1.76. The predicted octanol–water partition coefficient (Wildman–Crippen LogP) is 2.88. The normalized spacial score (nSPS) is 13.1. The molecule has 0 aromatic heterocycles. The van der Waals surface area contributed by atoms with Crippen LogP contribution < -0.4 is 10.1 Å². The van der Waals surface area contributed by atoms with Crippen molar-refractivity contribution in [1.29, 1.82) is 0 Å². The third kappa shape index (κ3) is 4.91. The number of carboxylic acids is 1. The summed E-state index contributed by atoms with van der Waals surface area (Å²) in [6.45, 7) is 3.58. The van der Waals surface area contributed by atoms with Crippen LogP contribution in [-0.2, 0) is 4.79 Å². The number of carbonyl (C=O) groups is 2. The van der Waals surface area contributed by atoms with Crippen molar-refractivity contribution >= 4 is 27.9 Å². The van der Waals surface area contributed by atoms with Gasteiger partial charge < -0.3 is 20.1 Å². The van der Waals surface area contributed by atoms with Gasteiger partial charge in [0.25, 0.3) is 0 Å². The third-order valence-electron chi connectivity index (χ3n) is 3.33. The lowest BCUT2D eigenvalue weighted by Gasteiger charge is -2.23. The number of nitrogens with zero attached hydrogens (tertiary/aromatic N) is 1. The molecule has 0 aliphatic rings. The molecule has 0 fully saturated rings. The number of benzene rings is 1. The molecule has 22 heavy (non-hydrogen) atoms. The van der Waals surface area contributed by atoms with Gasteiger partial charge in [0, 0.05) is 13.6 Å². The minimum Gasteiger partial charge on any atom is -0.496 e. The topological polar surface area (TPSA) is 78.9 Å². The van der Waals surface area contributed by atoms with Crippen LogP contribution >= 0.6 is 15.9 Å². The number of rotatable bonds is 6. The van der Waals surface area contributed by atoms with Crippen LogP contribution in [0.1, 0.15) is 25.5 Å². The fourth-order valence-electron chi connectivity index (χ4n) is 1.90. The molecule has 2 unspecified atom stereocenters. The Bertz CT molecular complexity index is 550. The number of methoxy groups -OCH3 is 1. The third-order valence-corrected chi connectivity index (χ3v) is 3.95. The molecule has 0 spiro atoms. The monoisotopic (exact) mass is 372 g/mol. The Morgan fingerprint density at radius 3 is 2.55 bits per heavy atom. The summed E-state index contributed by atoms with van der Waals surface area (Å²) in [5.74, 6) is -0.817. The lowest BCUT2D eigenvalue weighted by Crippen LogP contribution is -2.41. The molecule has 0 aliphatic carbocycles. The maximum absolute atomic E-state index is 12.1. The van der Waals surface area contributed by atoms with Gasteiger partial charge in [-0.15, -0.1) is 0 Å². The van der Waals surface area contributed by atoms with Crippen LogP contribution in [0.5, 0.6) is 5.75 Å². The summed E-state index contributed by atoms with van der Waals surface area (Å²) in [7, 11) is 3.16. The van der Waals surface area contributed by atoms with Gasteiger partial charge in [0.1, 0.15) is 5.75 Å². The molecular formula is C15H21BrN2O4. The molecule has 122 valence electrons. The maximum atomic E-state index is 12.1. The fourth-order valence-corrected chi connectivity index (χ4v) is 2.46. The van der Waals surface area contributed by atoms with E-state index in [0.717, 1.165) is 15.8 Å². The highest BCUT2D eigenvalue weighted by atomic mass is 79.9. The highest BCUT2D eigenvalue weighted by Crippen LogP contribution is 2.28. The molecule has 0 aliphatic heterocycles. The maximum Gasteiger partial charge on any atom is 0.317 e. The van der Waals surface area contributed by atoms with Crippen LogP contribution in [0.3, 0.4) is 0 Å². The molecule has 0 radical (unpaired) electrons. The molecule has 1 rings (SSSR count). The number of nitrogens with one attached hydrogen (secondary N) is 1.